The summed E-state index contributed by atoms with van der Waals surface area (Å²) in [6.07, 6.45) is 0.169. The highest BCUT2D eigenvalue weighted by Crippen LogP contribution is 2.18. The van der Waals surface area contributed by atoms with Gasteiger partial charge in [-0.2, -0.15) is 0 Å². The monoisotopic (exact) mass is 283 g/mol. The van der Waals surface area contributed by atoms with E-state index >= 15 is 0 Å². The third-order valence-corrected chi connectivity index (χ3v) is 5.23. The van der Waals surface area contributed by atoms with E-state index in [2.05, 4.69) is 4.90 Å². The Morgan fingerprint density at radius 2 is 1.79 bits per heavy atom. The smallest absolute Gasteiger partial charge is 0.152 e. The SMILES string of the molecule is Cc1ccc(C(O)CCN2CCS(=O)(=O)CC2)cc1. The van der Waals surface area contributed by atoms with Crippen molar-refractivity contribution in [1.29, 1.82) is 0 Å². The maximum absolute atomic E-state index is 11.3. The first-order valence-electron chi connectivity index (χ1n) is 6.64. The second-order valence-electron chi connectivity index (χ2n) is 5.21. The molecular formula is C14H21NO3S. The highest BCUT2D eigenvalue weighted by atomic mass is 32.2. The van der Waals surface area contributed by atoms with Crippen molar-refractivity contribution in [3.8, 4) is 0 Å². The number of rotatable bonds is 4. The molecule has 106 valence electrons. The Hall–Kier alpha value is -0.910. The molecule has 1 N–H and O–H groups in total. The van der Waals surface area contributed by atoms with Gasteiger partial charge in [-0.1, -0.05) is 29.8 Å². The predicted octanol–water partition coefficient (Wildman–Crippen LogP) is 1.15. The summed E-state index contributed by atoms with van der Waals surface area (Å²) in [6, 6.07) is 7.87. The lowest BCUT2D eigenvalue weighted by atomic mass is 10.0. The van der Waals surface area contributed by atoms with E-state index in [1.165, 1.54) is 5.56 Å². The minimum atomic E-state index is -2.82. The van der Waals surface area contributed by atoms with Gasteiger partial charge in [-0.25, -0.2) is 8.42 Å². The standard InChI is InChI=1S/C14H21NO3S/c1-12-2-4-13(5-3-12)14(16)6-7-15-8-10-19(17,18)11-9-15/h2-5,14,16H,6-11H2,1H3. The molecule has 2 rings (SSSR count). The van der Waals surface area contributed by atoms with Crippen LogP contribution < -0.4 is 0 Å². The van der Waals surface area contributed by atoms with Crippen molar-refractivity contribution in [2.75, 3.05) is 31.1 Å². The summed E-state index contributed by atoms with van der Waals surface area (Å²) in [7, 11) is -2.82. The number of sulfone groups is 1. The number of aliphatic hydroxyl groups is 1. The summed E-state index contributed by atoms with van der Waals surface area (Å²) in [5.41, 5.74) is 2.10. The Kier molecular flexibility index (Phi) is 4.60. The minimum Gasteiger partial charge on any atom is -0.388 e. The van der Waals surface area contributed by atoms with Crippen LogP contribution in [0.2, 0.25) is 0 Å². The number of nitrogens with zero attached hydrogens (tertiary/aromatic N) is 1. The summed E-state index contributed by atoms with van der Waals surface area (Å²) in [5, 5.41) is 10.1. The van der Waals surface area contributed by atoms with Crippen LogP contribution in [0.4, 0.5) is 0 Å². The first kappa shape index (κ1) is 14.5. The molecular weight excluding hydrogens is 262 g/mol. The van der Waals surface area contributed by atoms with Crippen molar-refractivity contribution in [2.45, 2.75) is 19.4 Å². The number of aliphatic hydroxyl groups excluding tert-OH is 1. The molecule has 0 amide bonds. The van der Waals surface area contributed by atoms with Crippen molar-refractivity contribution in [2.24, 2.45) is 0 Å². The van der Waals surface area contributed by atoms with Crippen molar-refractivity contribution in [1.82, 2.24) is 4.90 Å². The quantitative estimate of drug-likeness (QED) is 0.900. The molecule has 1 aliphatic heterocycles. The van der Waals surface area contributed by atoms with Crippen LogP contribution in [0.25, 0.3) is 0 Å². The van der Waals surface area contributed by atoms with E-state index in [0.717, 1.165) is 12.1 Å². The Morgan fingerprint density at radius 3 is 2.37 bits per heavy atom. The normalized spacial score (nSPS) is 21.2. The van der Waals surface area contributed by atoms with Gasteiger partial charge in [0, 0.05) is 19.6 Å². The fourth-order valence-corrected chi connectivity index (χ4v) is 3.51. The summed E-state index contributed by atoms with van der Waals surface area (Å²) in [4.78, 5) is 2.11. The molecule has 0 spiro atoms. The van der Waals surface area contributed by atoms with Crippen LogP contribution in [0.1, 0.15) is 23.7 Å². The topological polar surface area (TPSA) is 57.6 Å². The van der Waals surface area contributed by atoms with E-state index in [4.69, 9.17) is 0 Å². The van der Waals surface area contributed by atoms with Gasteiger partial charge in [0.05, 0.1) is 17.6 Å². The summed E-state index contributed by atoms with van der Waals surface area (Å²) in [6.45, 7) is 3.93. The molecule has 1 saturated heterocycles. The van der Waals surface area contributed by atoms with E-state index in [0.29, 0.717) is 19.5 Å². The zero-order valence-corrected chi connectivity index (χ0v) is 12.1. The lowest BCUT2D eigenvalue weighted by Gasteiger charge is -2.27. The Bertz CT molecular complexity index is 496. The van der Waals surface area contributed by atoms with Crippen LogP contribution in [0.3, 0.4) is 0 Å². The summed E-state index contributed by atoms with van der Waals surface area (Å²) in [5.74, 6) is 0.487. The second kappa shape index (κ2) is 6.03. The third-order valence-electron chi connectivity index (χ3n) is 3.62. The maximum atomic E-state index is 11.3. The molecule has 19 heavy (non-hydrogen) atoms. The number of benzene rings is 1. The molecule has 5 heteroatoms. The van der Waals surface area contributed by atoms with Crippen LogP contribution in [0, 0.1) is 6.92 Å². The molecule has 1 fully saturated rings. The minimum absolute atomic E-state index is 0.244. The number of aryl methyl sites for hydroxylation is 1. The van der Waals surface area contributed by atoms with Gasteiger partial charge in [-0.15, -0.1) is 0 Å². The molecule has 1 heterocycles. The van der Waals surface area contributed by atoms with Gasteiger partial charge in [-0.05, 0) is 18.9 Å². The molecule has 1 unspecified atom stereocenters. The van der Waals surface area contributed by atoms with Gasteiger partial charge < -0.3 is 10.0 Å². The van der Waals surface area contributed by atoms with E-state index in [1.807, 2.05) is 31.2 Å². The lowest BCUT2D eigenvalue weighted by molar-refractivity contribution is 0.144. The van der Waals surface area contributed by atoms with Gasteiger partial charge >= 0.3 is 0 Å². The fraction of sp³-hybridized carbons (Fsp3) is 0.571. The van der Waals surface area contributed by atoms with Crippen LogP contribution in [0.5, 0.6) is 0 Å². The molecule has 0 aliphatic carbocycles. The van der Waals surface area contributed by atoms with Gasteiger partial charge in [-0.3, -0.25) is 0 Å². The highest BCUT2D eigenvalue weighted by molar-refractivity contribution is 7.91. The van der Waals surface area contributed by atoms with Gasteiger partial charge in [0.25, 0.3) is 0 Å². The molecule has 0 bridgehead atoms. The Morgan fingerprint density at radius 1 is 1.21 bits per heavy atom. The average Bonchev–Trinajstić information content (AvgIpc) is 2.38. The summed E-state index contributed by atoms with van der Waals surface area (Å²) < 4.78 is 22.6. The molecule has 1 aromatic carbocycles. The van der Waals surface area contributed by atoms with Crippen LogP contribution in [-0.4, -0.2) is 49.6 Å². The van der Waals surface area contributed by atoms with Crippen molar-refractivity contribution in [3.05, 3.63) is 35.4 Å². The van der Waals surface area contributed by atoms with Crippen molar-refractivity contribution >= 4 is 9.84 Å². The van der Waals surface area contributed by atoms with Crippen molar-refractivity contribution < 1.29 is 13.5 Å². The molecule has 0 radical (unpaired) electrons. The molecule has 1 aromatic rings. The third kappa shape index (κ3) is 4.30. The van der Waals surface area contributed by atoms with E-state index in [1.54, 1.807) is 0 Å². The second-order valence-corrected chi connectivity index (χ2v) is 7.51. The Labute approximate surface area is 115 Å². The molecule has 1 atom stereocenters. The highest BCUT2D eigenvalue weighted by Gasteiger charge is 2.21. The maximum Gasteiger partial charge on any atom is 0.152 e. The van der Waals surface area contributed by atoms with E-state index < -0.39 is 15.9 Å². The Balaban J connectivity index is 1.81. The fourth-order valence-electron chi connectivity index (χ4n) is 2.23. The van der Waals surface area contributed by atoms with Crippen LogP contribution >= 0.6 is 0 Å². The lowest BCUT2D eigenvalue weighted by Crippen LogP contribution is -2.40. The van der Waals surface area contributed by atoms with Gasteiger partial charge in [0.2, 0.25) is 0 Å². The number of hydrogen-bond donors (Lipinski definition) is 1. The van der Waals surface area contributed by atoms with Gasteiger partial charge in [0.15, 0.2) is 9.84 Å². The molecule has 0 aromatic heterocycles. The van der Waals surface area contributed by atoms with Gasteiger partial charge in [0.1, 0.15) is 0 Å². The predicted molar refractivity (Wildman–Crippen MR) is 75.8 cm³/mol. The average molecular weight is 283 g/mol. The molecule has 0 saturated carbocycles. The number of hydrogen-bond acceptors (Lipinski definition) is 4. The zero-order chi connectivity index (χ0) is 13.9. The largest absolute Gasteiger partial charge is 0.388 e. The summed E-state index contributed by atoms with van der Waals surface area (Å²) >= 11 is 0. The first-order valence-corrected chi connectivity index (χ1v) is 8.46. The van der Waals surface area contributed by atoms with Crippen LogP contribution in [0.15, 0.2) is 24.3 Å². The van der Waals surface area contributed by atoms with Crippen LogP contribution in [-0.2, 0) is 9.84 Å². The molecule has 4 nitrogen and oxygen atoms in total. The molecule has 1 aliphatic rings. The van der Waals surface area contributed by atoms with Crippen molar-refractivity contribution in [3.63, 3.8) is 0 Å². The zero-order valence-electron chi connectivity index (χ0n) is 11.2. The van der Waals surface area contributed by atoms with E-state index in [-0.39, 0.29) is 11.5 Å². The van der Waals surface area contributed by atoms with E-state index in [9.17, 15) is 13.5 Å². The first-order chi connectivity index (χ1) is 8.96.